The van der Waals surface area contributed by atoms with E-state index in [9.17, 15) is 0 Å². The van der Waals surface area contributed by atoms with Gasteiger partial charge in [-0.05, 0) is 30.6 Å². The van der Waals surface area contributed by atoms with Gasteiger partial charge in [-0.15, -0.1) is 11.4 Å². The van der Waals surface area contributed by atoms with Crippen LogP contribution in [-0.4, -0.2) is 5.66 Å². The lowest BCUT2D eigenvalue weighted by Gasteiger charge is -2.20. The van der Waals surface area contributed by atoms with Crippen molar-refractivity contribution >= 4 is 19.2 Å². The van der Waals surface area contributed by atoms with Crippen molar-refractivity contribution in [3.05, 3.63) is 30.3 Å². The number of hydrogen-bond donors (Lipinski definition) is 0. The van der Waals surface area contributed by atoms with E-state index in [1.165, 1.54) is 37.0 Å². The van der Waals surface area contributed by atoms with Crippen LogP contribution in [0.1, 0.15) is 32.1 Å². The molecule has 2 rings (SSSR count). The molecule has 0 spiro atoms. The topological polar surface area (TPSA) is 0 Å². The Labute approximate surface area is 92.4 Å². The molecular weight excluding hydrogens is 207 g/mol. The minimum Gasteiger partial charge on any atom is -0.102 e. The molecule has 76 valence electrons. The molecule has 1 aliphatic rings. The zero-order chi connectivity index (χ0) is 9.64. The van der Waals surface area contributed by atoms with Gasteiger partial charge in [0.2, 0.25) is 0 Å². The third kappa shape index (κ3) is 3.29. The van der Waals surface area contributed by atoms with E-state index in [-0.39, 0.29) is 0 Å². The van der Waals surface area contributed by atoms with E-state index in [1.54, 1.807) is 0 Å². The van der Waals surface area contributed by atoms with Crippen LogP contribution in [0.3, 0.4) is 0 Å². The lowest BCUT2D eigenvalue weighted by Crippen LogP contribution is -2.04. The lowest BCUT2D eigenvalue weighted by molar-refractivity contribution is 0.515. The number of rotatable bonds is 3. The van der Waals surface area contributed by atoms with Crippen LogP contribution in [0.15, 0.2) is 35.2 Å². The molecule has 1 aromatic carbocycles. The molecule has 0 N–H and O–H groups in total. The van der Waals surface area contributed by atoms with Gasteiger partial charge in [0.25, 0.3) is 0 Å². The Bertz CT molecular complexity index is 254. The molecular formula is C12H17PS. The maximum Gasteiger partial charge on any atom is 0.0113 e. The maximum atomic E-state index is 2.22. The minimum atomic E-state index is 1.01. The van der Waals surface area contributed by atoms with Gasteiger partial charge in [0.1, 0.15) is 0 Å². The highest BCUT2D eigenvalue weighted by atomic mass is 32.7. The van der Waals surface area contributed by atoms with E-state index in [4.69, 9.17) is 0 Å². The van der Waals surface area contributed by atoms with Gasteiger partial charge in [0.15, 0.2) is 0 Å². The molecule has 0 bridgehead atoms. The predicted octanol–water partition coefficient (Wildman–Crippen LogP) is 4.70. The second-order valence-electron chi connectivity index (χ2n) is 3.87. The van der Waals surface area contributed by atoms with Crippen molar-refractivity contribution < 1.29 is 0 Å². The molecule has 1 atom stereocenters. The summed E-state index contributed by atoms with van der Waals surface area (Å²) in [4.78, 5) is 1.44. The second kappa shape index (κ2) is 5.78. The standard InChI is InChI=1S/C12H17PS/c1-3-7-11(8-4-1)13-14-12-9-5-2-6-10-12/h2,5-6,9-11,13H,1,3-4,7-8H2. The molecule has 1 fully saturated rings. The Balaban J connectivity index is 1.76. The first-order valence-electron chi connectivity index (χ1n) is 5.42. The van der Waals surface area contributed by atoms with E-state index in [0.29, 0.717) is 0 Å². The van der Waals surface area contributed by atoms with Crippen LogP contribution in [0.2, 0.25) is 0 Å². The van der Waals surface area contributed by atoms with E-state index in [0.717, 1.165) is 13.4 Å². The fraction of sp³-hybridized carbons (Fsp3) is 0.500. The molecule has 1 saturated carbocycles. The fourth-order valence-electron chi connectivity index (χ4n) is 1.86. The highest BCUT2D eigenvalue weighted by Gasteiger charge is 2.13. The number of hydrogen-bond acceptors (Lipinski definition) is 1. The Kier molecular flexibility index (Phi) is 4.34. The first-order valence-corrected chi connectivity index (χ1v) is 8.04. The van der Waals surface area contributed by atoms with Crippen molar-refractivity contribution in [2.24, 2.45) is 0 Å². The van der Waals surface area contributed by atoms with Crippen molar-refractivity contribution in [1.29, 1.82) is 0 Å². The first-order chi connectivity index (χ1) is 6.95. The summed E-state index contributed by atoms with van der Waals surface area (Å²) >= 11 is 2.05. The molecule has 0 radical (unpaired) electrons. The summed E-state index contributed by atoms with van der Waals surface area (Å²) in [6.07, 6.45) is 7.34. The summed E-state index contributed by atoms with van der Waals surface area (Å²) in [5, 5.41) is 0. The summed E-state index contributed by atoms with van der Waals surface area (Å²) in [6, 6.07) is 10.8. The van der Waals surface area contributed by atoms with Gasteiger partial charge >= 0.3 is 0 Å². The second-order valence-corrected chi connectivity index (χ2v) is 6.92. The lowest BCUT2D eigenvalue weighted by atomic mass is 10.0. The smallest absolute Gasteiger partial charge is 0.0113 e. The zero-order valence-corrected chi connectivity index (χ0v) is 10.2. The minimum absolute atomic E-state index is 1.01. The molecule has 1 unspecified atom stereocenters. The van der Waals surface area contributed by atoms with E-state index >= 15 is 0 Å². The van der Waals surface area contributed by atoms with Crippen LogP contribution in [0.25, 0.3) is 0 Å². The molecule has 0 aromatic heterocycles. The molecule has 0 saturated heterocycles. The molecule has 14 heavy (non-hydrogen) atoms. The van der Waals surface area contributed by atoms with Crippen molar-refractivity contribution in [1.82, 2.24) is 0 Å². The third-order valence-electron chi connectivity index (χ3n) is 2.69. The summed E-state index contributed by atoms with van der Waals surface area (Å²) in [5.41, 5.74) is 1.01. The summed E-state index contributed by atoms with van der Waals surface area (Å²) in [5.74, 6) is 0. The van der Waals surface area contributed by atoms with Crippen LogP contribution in [0.5, 0.6) is 0 Å². The van der Waals surface area contributed by atoms with Crippen molar-refractivity contribution in [2.75, 3.05) is 0 Å². The summed E-state index contributed by atoms with van der Waals surface area (Å²) in [6.45, 7) is 0. The predicted molar refractivity (Wildman–Crippen MR) is 67.5 cm³/mol. The van der Waals surface area contributed by atoms with Crippen LogP contribution < -0.4 is 0 Å². The maximum absolute atomic E-state index is 2.22. The molecule has 0 amide bonds. The molecule has 1 aliphatic carbocycles. The third-order valence-corrected chi connectivity index (χ3v) is 6.29. The fourth-order valence-corrected chi connectivity index (χ4v) is 5.12. The van der Waals surface area contributed by atoms with Crippen LogP contribution in [0, 0.1) is 0 Å². The van der Waals surface area contributed by atoms with Crippen LogP contribution in [-0.2, 0) is 0 Å². The van der Waals surface area contributed by atoms with Gasteiger partial charge in [-0.1, -0.05) is 45.2 Å². The Hall–Kier alpha value is -0.0000000000000000555. The Morgan fingerprint density at radius 1 is 1.00 bits per heavy atom. The van der Waals surface area contributed by atoms with Crippen LogP contribution >= 0.6 is 19.2 Å². The normalized spacial score (nSPS) is 19.1. The Morgan fingerprint density at radius 3 is 2.43 bits per heavy atom. The average Bonchev–Trinajstić information content (AvgIpc) is 2.29. The van der Waals surface area contributed by atoms with E-state index < -0.39 is 0 Å². The van der Waals surface area contributed by atoms with Crippen molar-refractivity contribution in [3.8, 4) is 0 Å². The highest BCUT2D eigenvalue weighted by molar-refractivity contribution is 8.49. The van der Waals surface area contributed by atoms with Gasteiger partial charge in [0, 0.05) is 4.90 Å². The first kappa shape index (κ1) is 10.5. The largest absolute Gasteiger partial charge is 0.102 e. The highest BCUT2D eigenvalue weighted by Crippen LogP contribution is 2.45. The quantitative estimate of drug-likeness (QED) is 0.670. The van der Waals surface area contributed by atoms with Gasteiger partial charge in [-0.25, -0.2) is 0 Å². The molecule has 0 heterocycles. The van der Waals surface area contributed by atoms with Gasteiger partial charge in [-0.2, -0.15) is 0 Å². The zero-order valence-electron chi connectivity index (χ0n) is 8.41. The monoisotopic (exact) mass is 224 g/mol. The Morgan fingerprint density at radius 2 is 1.71 bits per heavy atom. The SMILES string of the molecule is c1ccc(SPC2CCCCC2)cc1. The molecule has 2 heteroatoms. The van der Waals surface area contributed by atoms with Gasteiger partial charge in [-0.3, -0.25) is 0 Å². The van der Waals surface area contributed by atoms with Gasteiger partial charge in [0.05, 0.1) is 0 Å². The van der Waals surface area contributed by atoms with Crippen LogP contribution in [0.4, 0.5) is 0 Å². The summed E-state index contributed by atoms with van der Waals surface area (Å²) < 4.78 is 0. The molecule has 0 nitrogen and oxygen atoms in total. The van der Waals surface area contributed by atoms with E-state index in [2.05, 4.69) is 41.7 Å². The molecule has 1 aromatic rings. The van der Waals surface area contributed by atoms with E-state index in [1.807, 2.05) is 0 Å². The van der Waals surface area contributed by atoms with Crippen molar-refractivity contribution in [2.45, 2.75) is 42.7 Å². The molecule has 0 aliphatic heterocycles. The summed E-state index contributed by atoms with van der Waals surface area (Å²) in [7, 11) is 1.08. The van der Waals surface area contributed by atoms with Gasteiger partial charge < -0.3 is 0 Å². The average molecular weight is 224 g/mol. The van der Waals surface area contributed by atoms with Crippen molar-refractivity contribution in [3.63, 3.8) is 0 Å². The number of benzene rings is 1.